The van der Waals surface area contributed by atoms with Crippen LogP contribution >= 0.6 is 0 Å². The Kier molecular flexibility index (Phi) is 15.2. The van der Waals surface area contributed by atoms with Crippen LogP contribution in [0.15, 0.2) is 0 Å². The van der Waals surface area contributed by atoms with E-state index in [4.69, 9.17) is 0 Å². The van der Waals surface area contributed by atoms with Crippen LogP contribution in [0.3, 0.4) is 0 Å². The lowest BCUT2D eigenvalue weighted by Gasteiger charge is -2.21. The first kappa shape index (κ1) is 16.4. The summed E-state index contributed by atoms with van der Waals surface area (Å²) in [6.07, 6.45) is 5.53. The van der Waals surface area contributed by atoms with Crippen LogP contribution in [0, 0.1) is 0 Å². The molecule has 1 aliphatic heterocycles. The number of likely N-dealkylation sites (tertiary alicyclic amines) is 1. The fourth-order valence-corrected chi connectivity index (χ4v) is 1.94. The molecule has 1 aliphatic rings. The first-order chi connectivity index (χ1) is 6.88. The molecule has 1 heteroatoms. The van der Waals surface area contributed by atoms with Gasteiger partial charge < -0.3 is 4.90 Å². The van der Waals surface area contributed by atoms with Crippen LogP contribution in [0.4, 0.5) is 0 Å². The summed E-state index contributed by atoms with van der Waals surface area (Å²) in [4.78, 5) is 2.64. The number of hydrogen-bond acceptors (Lipinski definition) is 1. The van der Waals surface area contributed by atoms with Crippen LogP contribution in [-0.4, -0.2) is 24.0 Å². The SMILES string of the molecule is CC.CC.CCCN1CCCC1CC. The van der Waals surface area contributed by atoms with Crippen molar-refractivity contribution < 1.29 is 0 Å². The van der Waals surface area contributed by atoms with E-state index in [1.54, 1.807) is 0 Å². The summed E-state index contributed by atoms with van der Waals surface area (Å²) in [5.41, 5.74) is 0. The maximum absolute atomic E-state index is 2.64. The van der Waals surface area contributed by atoms with Gasteiger partial charge in [0.25, 0.3) is 0 Å². The summed E-state index contributed by atoms with van der Waals surface area (Å²) in [5.74, 6) is 0. The van der Waals surface area contributed by atoms with Gasteiger partial charge in [-0.25, -0.2) is 0 Å². The van der Waals surface area contributed by atoms with Crippen molar-refractivity contribution >= 4 is 0 Å². The summed E-state index contributed by atoms with van der Waals surface area (Å²) >= 11 is 0. The quantitative estimate of drug-likeness (QED) is 0.657. The van der Waals surface area contributed by atoms with Crippen molar-refractivity contribution in [1.29, 1.82) is 0 Å². The topological polar surface area (TPSA) is 3.24 Å². The third-order valence-electron chi connectivity index (χ3n) is 2.48. The molecule has 14 heavy (non-hydrogen) atoms. The molecular formula is C13H31N. The molecule has 0 aliphatic carbocycles. The van der Waals surface area contributed by atoms with E-state index in [9.17, 15) is 0 Å². The Morgan fingerprint density at radius 2 is 1.64 bits per heavy atom. The highest BCUT2D eigenvalue weighted by Gasteiger charge is 2.20. The third kappa shape index (κ3) is 6.42. The Balaban J connectivity index is 0. The van der Waals surface area contributed by atoms with Gasteiger partial charge >= 0.3 is 0 Å². The lowest BCUT2D eigenvalue weighted by molar-refractivity contribution is 0.249. The molecule has 0 N–H and O–H groups in total. The standard InChI is InChI=1S/C9H19N.2C2H6/c1-3-7-10-8-5-6-9(10)4-2;2*1-2/h9H,3-8H2,1-2H3;2*1-2H3. The van der Waals surface area contributed by atoms with Crippen LogP contribution < -0.4 is 0 Å². The molecule has 1 nitrogen and oxygen atoms in total. The molecule has 0 radical (unpaired) electrons. The summed E-state index contributed by atoms with van der Waals surface area (Å²) in [6, 6.07) is 0.917. The Morgan fingerprint density at radius 1 is 1.07 bits per heavy atom. The third-order valence-corrected chi connectivity index (χ3v) is 2.48. The summed E-state index contributed by atoms with van der Waals surface area (Å²) in [6.45, 7) is 15.2. The molecule has 88 valence electrons. The van der Waals surface area contributed by atoms with Crippen LogP contribution in [0.2, 0.25) is 0 Å². The fraction of sp³-hybridized carbons (Fsp3) is 1.00. The van der Waals surface area contributed by atoms with Crippen LogP contribution in [0.25, 0.3) is 0 Å². The van der Waals surface area contributed by atoms with Crippen molar-refractivity contribution in [3.05, 3.63) is 0 Å². The normalized spacial score (nSPS) is 20.6. The van der Waals surface area contributed by atoms with Crippen molar-refractivity contribution in [1.82, 2.24) is 4.90 Å². The molecule has 1 atom stereocenters. The first-order valence-electron chi connectivity index (χ1n) is 6.62. The Hall–Kier alpha value is -0.0400. The molecule has 0 spiro atoms. The molecule has 0 aromatic rings. The Bertz CT molecular complexity index is 91.2. The number of rotatable bonds is 3. The lowest BCUT2D eigenvalue weighted by atomic mass is 10.2. The van der Waals surface area contributed by atoms with Gasteiger partial charge in [0.1, 0.15) is 0 Å². The summed E-state index contributed by atoms with van der Waals surface area (Å²) in [5, 5.41) is 0. The van der Waals surface area contributed by atoms with E-state index in [1.165, 1.54) is 38.8 Å². The van der Waals surface area contributed by atoms with E-state index < -0.39 is 0 Å². The second kappa shape index (κ2) is 13.0. The van der Waals surface area contributed by atoms with E-state index in [-0.39, 0.29) is 0 Å². The predicted molar refractivity (Wildman–Crippen MR) is 67.9 cm³/mol. The summed E-state index contributed by atoms with van der Waals surface area (Å²) < 4.78 is 0. The molecule has 1 fully saturated rings. The van der Waals surface area contributed by atoms with Gasteiger partial charge in [-0.2, -0.15) is 0 Å². The molecule has 1 rings (SSSR count). The molecule has 0 bridgehead atoms. The molecule has 1 heterocycles. The maximum Gasteiger partial charge on any atom is 0.00931 e. The monoisotopic (exact) mass is 201 g/mol. The smallest absolute Gasteiger partial charge is 0.00931 e. The van der Waals surface area contributed by atoms with Gasteiger partial charge in [0.2, 0.25) is 0 Å². The Morgan fingerprint density at radius 3 is 2.07 bits per heavy atom. The molecule has 0 aromatic heterocycles. The van der Waals surface area contributed by atoms with E-state index >= 15 is 0 Å². The van der Waals surface area contributed by atoms with Crippen LogP contribution in [0.5, 0.6) is 0 Å². The second-order valence-corrected chi connectivity index (χ2v) is 3.24. The molecule has 1 unspecified atom stereocenters. The fourth-order valence-electron chi connectivity index (χ4n) is 1.94. The van der Waals surface area contributed by atoms with Crippen molar-refractivity contribution in [2.75, 3.05) is 13.1 Å². The molecular weight excluding hydrogens is 170 g/mol. The first-order valence-corrected chi connectivity index (χ1v) is 6.62. The van der Waals surface area contributed by atoms with Crippen molar-refractivity contribution in [3.8, 4) is 0 Å². The van der Waals surface area contributed by atoms with Gasteiger partial charge in [-0.05, 0) is 38.8 Å². The van der Waals surface area contributed by atoms with E-state index in [0.29, 0.717) is 0 Å². The zero-order valence-electron chi connectivity index (χ0n) is 11.3. The number of nitrogens with zero attached hydrogens (tertiary/aromatic N) is 1. The van der Waals surface area contributed by atoms with Crippen molar-refractivity contribution in [2.45, 2.75) is 73.3 Å². The average molecular weight is 201 g/mol. The van der Waals surface area contributed by atoms with Gasteiger partial charge in [-0.15, -0.1) is 0 Å². The molecule has 1 saturated heterocycles. The van der Waals surface area contributed by atoms with Crippen LogP contribution in [-0.2, 0) is 0 Å². The highest BCUT2D eigenvalue weighted by molar-refractivity contribution is 4.76. The largest absolute Gasteiger partial charge is 0.300 e. The molecule has 0 saturated carbocycles. The Labute approximate surface area is 91.9 Å². The predicted octanol–water partition coefficient (Wildman–Crippen LogP) is 4.32. The zero-order valence-corrected chi connectivity index (χ0v) is 11.3. The van der Waals surface area contributed by atoms with Crippen LogP contribution in [0.1, 0.15) is 67.2 Å². The molecule has 0 amide bonds. The van der Waals surface area contributed by atoms with Gasteiger partial charge in [0.15, 0.2) is 0 Å². The van der Waals surface area contributed by atoms with Gasteiger partial charge in [0, 0.05) is 6.04 Å². The average Bonchev–Trinajstić information content (AvgIpc) is 2.72. The minimum absolute atomic E-state index is 0.917. The van der Waals surface area contributed by atoms with E-state index in [0.717, 1.165) is 6.04 Å². The highest BCUT2D eigenvalue weighted by Crippen LogP contribution is 2.19. The minimum atomic E-state index is 0.917. The number of hydrogen-bond donors (Lipinski definition) is 0. The summed E-state index contributed by atoms with van der Waals surface area (Å²) in [7, 11) is 0. The lowest BCUT2D eigenvalue weighted by Crippen LogP contribution is -2.29. The molecule has 0 aromatic carbocycles. The van der Waals surface area contributed by atoms with Gasteiger partial charge in [0.05, 0.1) is 0 Å². The van der Waals surface area contributed by atoms with Gasteiger partial charge in [-0.1, -0.05) is 41.5 Å². The minimum Gasteiger partial charge on any atom is -0.300 e. The van der Waals surface area contributed by atoms with Crippen molar-refractivity contribution in [2.24, 2.45) is 0 Å². The van der Waals surface area contributed by atoms with Gasteiger partial charge in [-0.3, -0.25) is 0 Å². The van der Waals surface area contributed by atoms with E-state index in [2.05, 4.69) is 18.7 Å². The van der Waals surface area contributed by atoms with Crippen molar-refractivity contribution in [3.63, 3.8) is 0 Å². The maximum atomic E-state index is 2.64. The second-order valence-electron chi connectivity index (χ2n) is 3.24. The zero-order chi connectivity index (χ0) is 11.4. The van der Waals surface area contributed by atoms with E-state index in [1.807, 2.05) is 27.7 Å². The highest BCUT2D eigenvalue weighted by atomic mass is 15.2.